The van der Waals surface area contributed by atoms with Crippen LogP contribution in [0.2, 0.25) is 0 Å². The minimum atomic E-state index is -4.01. The van der Waals surface area contributed by atoms with E-state index in [2.05, 4.69) is 15.0 Å². The third kappa shape index (κ3) is 4.16. The number of benzene rings is 2. The highest BCUT2D eigenvalue weighted by Crippen LogP contribution is 2.28. The fraction of sp³-hybridized carbons (Fsp3) is 0.286. The van der Waals surface area contributed by atoms with Gasteiger partial charge in [0.05, 0.1) is 31.7 Å². The van der Waals surface area contributed by atoms with Crippen LogP contribution in [0.1, 0.15) is 12.2 Å². The zero-order chi connectivity index (χ0) is 22.9. The molecule has 10 nitrogen and oxygen atoms in total. The van der Waals surface area contributed by atoms with E-state index in [-0.39, 0.29) is 16.2 Å². The molecule has 1 aromatic heterocycles. The number of nitrogens with one attached hydrogen (secondary N) is 2. The van der Waals surface area contributed by atoms with Crippen LogP contribution in [0.5, 0.6) is 11.5 Å². The van der Waals surface area contributed by atoms with Gasteiger partial charge in [0.15, 0.2) is 0 Å². The Morgan fingerprint density at radius 2 is 1.97 bits per heavy atom. The van der Waals surface area contributed by atoms with Crippen LogP contribution >= 0.6 is 0 Å². The first-order valence-corrected chi connectivity index (χ1v) is 11.4. The Kier molecular flexibility index (Phi) is 5.85. The van der Waals surface area contributed by atoms with Crippen LogP contribution in [0, 0.1) is 0 Å². The molecule has 0 saturated heterocycles. The lowest BCUT2D eigenvalue weighted by molar-refractivity contribution is -0.115. The number of fused-ring (bicyclic) bond motifs is 2. The molecule has 0 unspecified atom stereocenters. The molecule has 1 aliphatic heterocycles. The molecule has 4 rings (SSSR count). The van der Waals surface area contributed by atoms with E-state index in [0.29, 0.717) is 28.9 Å². The quantitative estimate of drug-likeness (QED) is 0.546. The second kappa shape index (κ2) is 8.60. The van der Waals surface area contributed by atoms with Gasteiger partial charge in [0.25, 0.3) is 5.56 Å². The third-order valence-corrected chi connectivity index (χ3v) is 6.62. The highest BCUT2D eigenvalue weighted by molar-refractivity contribution is 7.89. The normalized spacial score (nSPS) is 13.1. The number of rotatable bonds is 7. The molecule has 0 saturated carbocycles. The lowest BCUT2D eigenvalue weighted by Gasteiger charge is -2.12. The fourth-order valence-corrected chi connectivity index (χ4v) is 4.73. The Hall–Kier alpha value is -3.44. The van der Waals surface area contributed by atoms with Crippen LogP contribution in [-0.4, -0.2) is 44.6 Å². The van der Waals surface area contributed by atoms with Crippen molar-refractivity contribution in [2.24, 2.45) is 0 Å². The van der Waals surface area contributed by atoms with E-state index in [1.165, 1.54) is 32.4 Å². The molecule has 0 bridgehead atoms. The standard InChI is InChI=1S/C21H22N4O6S/c1-30-14-6-8-18(17(11-14)31-2)32(28,29)22-12-20(26)23-13-5-7-15-16(10-13)24-19-4-3-9-25(19)21(15)27/h5-8,10-11,22H,3-4,9,12H2,1-2H3,(H,23,26). The first-order valence-electron chi connectivity index (χ1n) is 9.87. The average Bonchev–Trinajstić information content (AvgIpc) is 3.26. The van der Waals surface area contributed by atoms with Crippen LogP contribution in [0.15, 0.2) is 46.1 Å². The van der Waals surface area contributed by atoms with Crippen molar-refractivity contribution in [2.45, 2.75) is 24.3 Å². The first-order chi connectivity index (χ1) is 15.3. The van der Waals surface area contributed by atoms with Crippen molar-refractivity contribution in [3.8, 4) is 11.5 Å². The van der Waals surface area contributed by atoms with E-state index in [4.69, 9.17) is 9.47 Å². The van der Waals surface area contributed by atoms with Crippen LogP contribution in [-0.2, 0) is 27.8 Å². The van der Waals surface area contributed by atoms with Gasteiger partial charge in [-0.15, -0.1) is 0 Å². The second-order valence-corrected chi connectivity index (χ2v) is 8.95. The van der Waals surface area contributed by atoms with Crippen molar-refractivity contribution in [3.05, 3.63) is 52.6 Å². The van der Waals surface area contributed by atoms with Gasteiger partial charge in [-0.3, -0.25) is 14.2 Å². The number of anilines is 1. The minimum absolute atomic E-state index is 0.0941. The molecule has 0 radical (unpaired) electrons. The summed E-state index contributed by atoms with van der Waals surface area (Å²) in [5.74, 6) is 0.691. The van der Waals surface area contributed by atoms with Crippen molar-refractivity contribution in [2.75, 3.05) is 26.1 Å². The molecule has 2 N–H and O–H groups in total. The van der Waals surface area contributed by atoms with Gasteiger partial charge in [0, 0.05) is 24.7 Å². The van der Waals surface area contributed by atoms with E-state index in [1.54, 1.807) is 22.8 Å². The van der Waals surface area contributed by atoms with Gasteiger partial charge in [-0.05, 0) is 36.8 Å². The van der Waals surface area contributed by atoms with Gasteiger partial charge in [-0.25, -0.2) is 18.1 Å². The van der Waals surface area contributed by atoms with Gasteiger partial charge < -0.3 is 14.8 Å². The van der Waals surface area contributed by atoms with Crippen LogP contribution < -0.4 is 25.1 Å². The second-order valence-electron chi connectivity index (χ2n) is 7.21. The highest BCUT2D eigenvalue weighted by atomic mass is 32.2. The summed E-state index contributed by atoms with van der Waals surface area (Å²) >= 11 is 0. The first kappa shape index (κ1) is 21.8. The predicted molar refractivity (Wildman–Crippen MR) is 118 cm³/mol. The number of aromatic nitrogens is 2. The molecular weight excluding hydrogens is 436 g/mol. The lowest BCUT2D eigenvalue weighted by atomic mass is 10.2. The molecule has 0 aliphatic carbocycles. The monoisotopic (exact) mass is 458 g/mol. The Morgan fingerprint density at radius 3 is 2.72 bits per heavy atom. The minimum Gasteiger partial charge on any atom is -0.497 e. The number of methoxy groups -OCH3 is 2. The number of sulfonamides is 1. The third-order valence-electron chi connectivity index (χ3n) is 5.18. The van der Waals surface area contributed by atoms with E-state index in [1.807, 2.05) is 0 Å². The molecule has 0 fully saturated rings. The topological polar surface area (TPSA) is 129 Å². The fourth-order valence-electron chi connectivity index (χ4n) is 3.60. The van der Waals surface area contributed by atoms with Crippen LogP contribution in [0.3, 0.4) is 0 Å². The van der Waals surface area contributed by atoms with Crippen molar-refractivity contribution in [3.63, 3.8) is 0 Å². The number of aryl methyl sites for hydroxylation is 1. The molecule has 168 valence electrons. The van der Waals surface area contributed by atoms with E-state index in [0.717, 1.165) is 18.7 Å². The van der Waals surface area contributed by atoms with E-state index < -0.39 is 22.5 Å². The Bertz CT molecular complexity index is 1370. The summed E-state index contributed by atoms with van der Waals surface area (Å²) in [6, 6.07) is 9.07. The van der Waals surface area contributed by atoms with Crippen LogP contribution in [0.4, 0.5) is 5.69 Å². The number of nitrogens with zero attached hydrogens (tertiary/aromatic N) is 2. The summed E-state index contributed by atoms with van der Waals surface area (Å²) in [5, 5.41) is 3.10. The molecule has 0 spiro atoms. The average molecular weight is 458 g/mol. The number of hydrogen-bond acceptors (Lipinski definition) is 7. The number of carbonyl (C=O) groups is 1. The molecule has 11 heteroatoms. The van der Waals surface area contributed by atoms with Crippen molar-refractivity contribution in [1.82, 2.24) is 14.3 Å². The van der Waals surface area contributed by atoms with Gasteiger partial charge in [-0.2, -0.15) is 0 Å². The number of carbonyl (C=O) groups excluding carboxylic acids is 1. The molecule has 1 amide bonds. The zero-order valence-corrected chi connectivity index (χ0v) is 18.4. The summed E-state index contributed by atoms with van der Waals surface area (Å²) in [6.07, 6.45) is 1.61. The summed E-state index contributed by atoms with van der Waals surface area (Å²) in [7, 11) is -1.21. The Labute approximate surface area is 184 Å². The summed E-state index contributed by atoms with van der Waals surface area (Å²) in [6.45, 7) is 0.171. The predicted octanol–water partition coefficient (Wildman–Crippen LogP) is 1.28. The van der Waals surface area contributed by atoms with E-state index >= 15 is 0 Å². The molecule has 32 heavy (non-hydrogen) atoms. The molecule has 2 heterocycles. The molecule has 0 atom stereocenters. The zero-order valence-electron chi connectivity index (χ0n) is 17.5. The number of ether oxygens (including phenoxy) is 2. The van der Waals surface area contributed by atoms with Gasteiger partial charge >= 0.3 is 0 Å². The maximum absolute atomic E-state index is 12.6. The Balaban J connectivity index is 1.48. The summed E-state index contributed by atoms with van der Waals surface area (Å²) in [5.41, 5.74) is 0.810. The van der Waals surface area contributed by atoms with Gasteiger partial charge in [0.1, 0.15) is 22.2 Å². The molecule has 3 aromatic rings. The smallest absolute Gasteiger partial charge is 0.261 e. The molecular formula is C21H22N4O6S. The Morgan fingerprint density at radius 1 is 1.16 bits per heavy atom. The highest BCUT2D eigenvalue weighted by Gasteiger charge is 2.21. The van der Waals surface area contributed by atoms with Crippen LogP contribution in [0.25, 0.3) is 10.9 Å². The SMILES string of the molecule is COc1ccc(S(=O)(=O)NCC(=O)Nc2ccc3c(=O)n4c(nc3c2)CCC4)c(OC)c1. The largest absolute Gasteiger partial charge is 0.497 e. The van der Waals surface area contributed by atoms with E-state index in [9.17, 15) is 18.0 Å². The van der Waals surface area contributed by atoms with Crippen molar-refractivity contribution in [1.29, 1.82) is 0 Å². The molecule has 1 aliphatic rings. The lowest BCUT2D eigenvalue weighted by Crippen LogP contribution is -2.33. The van der Waals surface area contributed by atoms with Gasteiger partial charge in [-0.1, -0.05) is 0 Å². The maximum atomic E-state index is 12.6. The molecule has 2 aromatic carbocycles. The summed E-state index contributed by atoms with van der Waals surface area (Å²) in [4.78, 5) is 29.3. The number of hydrogen-bond donors (Lipinski definition) is 2. The van der Waals surface area contributed by atoms with Crippen molar-refractivity contribution < 1.29 is 22.7 Å². The van der Waals surface area contributed by atoms with Crippen molar-refractivity contribution >= 4 is 32.5 Å². The summed E-state index contributed by atoms with van der Waals surface area (Å²) < 4.78 is 39.4. The maximum Gasteiger partial charge on any atom is 0.261 e. The van der Waals surface area contributed by atoms with Gasteiger partial charge in [0.2, 0.25) is 15.9 Å². The number of amides is 1.